The molecule has 6 nitrogen and oxygen atoms in total. The molecule has 2 heterocycles. The molecule has 0 N–H and O–H groups in total. The third kappa shape index (κ3) is 5.44. The van der Waals surface area contributed by atoms with Crippen LogP contribution in [0.1, 0.15) is 35.7 Å². The van der Waals surface area contributed by atoms with Gasteiger partial charge in [-0.1, -0.05) is 56.1 Å². The Morgan fingerprint density at radius 1 is 1.00 bits per heavy atom. The zero-order valence-corrected chi connectivity index (χ0v) is 23.4. The Morgan fingerprint density at radius 2 is 1.62 bits per heavy atom. The van der Waals surface area contributed by atoms with Gasteiger partial charge in [-0.05, 0) is 54.4 Å². The van der Waals surface area contributed by atoms with Crippen molar-refractivity contribution in [2.75, 3.05) is 32.9 Å². The van der Waals surface area contributed by atoms with E-state index in [-0.39, 0.29) is 12.1 Å². The predicted octanol–water partition coefficient (Wildman–Crippen LogP) is 6.75. The fourth-order valence-corrected chi connectivity index (χ4v) is 5.25. The van der Waals surface area contributed by atoms with Crippen molar-refractivity contribution < 1.29 is 18.7 Å². The highest BCUT2D eigenvalue weighted by atomic mass is 79.9. The SMILES string of the molecule is CCOc1cc(F)ccc1C1=NC(c2ccc(Br)cc2)C(c2ccc(Br)cc2)N1C(=O)N1CCOCC1. The van der Waals surface area contributed by atoms with E-state index in [1.165, 1.54) is 12.1 Å². The molecule has 0 bridgehead atoms. The number of hydrogen-bond donors (Lipinski definition) is 0. The Labute approximate surface area is 232 Å². The number of halogens is 3. The van der Waals surface area contributed by atoms with Crippen molar-refractivity contribution in [1.82, 2.24) is 9.80 Å². The largest absolute Gasteiger partial charge is 0.493 e. The van der Waals surface area contributed by atoms with Crippen LogP contribution in [0.15, 0.2) is 80.7 Å². The number of carbonyl (C=O) groups excluding carboxylic acids is 1. The highest BCUT2D eigenvalue weighted by Gasteiger charge is 2.44. The highest BCUT2D eigenvalue weighted by molar-refractivity contribution is 9.10. The normalized spacial score (nSPS) is 19.6. The Morgan fingerprint density at radius 3 is 2.24 bits per heavy atom. The highest BCUT2D eigenvalue weighted by Crippen LogP contribution is 2.45. The van der Waals surface area contributed by atoms with Crippen LogP contribution >= 0.6 is 31.9 Å². The van der Waals surface area contributed by atoms with Crippen LogP contribution in [0.25, 0.3) is 0 Å². The number of aliphatic imine (C=N–C) groups is 1. The molecule has 0 spiro atoms. The number of amidine groups is 1. The van der Waals surface area contributed by atoms with Gasteiger partial charge in [-0.3, -0.25) is 9.89 Å². The zero-order chi connectivity index (χ0) is 25.9. The molecular formula is C28H26Br2FN3O3. The Balaban J connectivity index is 1.69. The van der Waals surface area contributed by atoms with E-state index in [1.54, 1.807) is 15.9 Å². The van der Waals surface area contributed by atoms with E-state index < -0.39 is 11.9 Å². The molecule has 2 unspecified atom stereocenters. The minimum atomic E-state index is -0.417. The third-order valence-corrected chi connectivity index (χ3v) is 7.52. The summed E-state index contributed by atoms with van der Waals surface area (Å²) < 4.78 is 27.4. The van der Waals surface area contributed by atoms with Gasteiger partial charge in [0.15, 0.2) is 0 Å². The lowest BCUT2D eigenvalue weighted by Crippen LogP contribution is -2.50. The predicted molar refractivity (Wildman–Crippen MR) is 147 cm³/mol. The summed E-state index contributed by atoms with van der Waals surface area (Å²) in [6.07, 6.45) is 0. The number of nitrogens with zero attached hydrogens (tertiary/aromatic N) is 3. The van der Waals surface area contributed by atoms with Crippen LogP contribution < -0.4 is 4.74 Å². The van der Waals surface area contributed by atoms with Crippen LogP contribution in [0, 0.1) is 5.82 Å². The van der Waals surface area contributed by atoms with Crippen molar-refractivity contribution in [2.45, 2.75) is 19.0 Å². The second-order valence-electron chi connectivity index (χ2n) is 8.77. The van der Waals surface area contributed by atoms with Crippen LogP contribution in [0.3, 0.4) is 0 Å². The van der Waals surface area contributed by atoms with Gasteiger partial charge < -0.3 is 14.4 Å². The molecule has 3 aromatic rings. The van der Waals surface area contributed by atoms with Crippen LogP contribution in [0.4, 0.5) is 9.18 Å². The summed E-state index contributed by atoms with van der Waals surface area (Å²) in [4.78, 5) is 22.9. The van der Waals surface area contributed by atoms with Gasteiger partial charge >= 0.3 is 6.03 Å². The summed E-state index contributed by atoms with van der Waals surface area (Å²) in [5, 5.41) is 0. The zero-order valence-electron chi connectivity index (χ0n) is 20.2. The van der Waals surface area contributed by atoms with E-state index in [9.17, 15) is 9.18 Å². The molecule has 0 saturated carbocycles. The standard InChI is InChI=1S/C28H26Br2FN3O3/c1-2-37-24-17-22(31)11-12-23(24)27-32-25(18-3-7-20(29)8-4-18)26(19-5-9-21(30)10-6-19)34(27)28(35)33-13-15-36-16-14-33/h3-12,17,25-26H,2,13-16H2,1H3. The van der Waals surface area contributed by atoms with Gasteiger partial charge in [-0.25, -0.2) is 9.18 Å². The van der Waals surface area contributed by atoms with E-state index in [0.717, 1.165) is 20.1 Å². The summed E-state index contributed by atoms with van der Waals surface area (Å²) in [5.74, 6) is 0.401. The van der Waals surface area contributed by atoms with Gasteiger partial charge in [0, 0.05) is 28.1 Å². The van der Waals surface area contributed by atoms with E-state index >= 15 is 0 Å². The molecule has 9 heteroatoms. The summed E-state index contributed by atoms with van der Waals surface area (Å²) >= 11 is 7.04. The van der Waals surface area contributed by atoms with Gasteiger partial charge in [0.05, 0.1) is 31.4 Å². The molecule has 2 atom stereocenters. The number of morpholine rings is 1. The lowest BCUT2D eigenvalue weighted by molar-refractivity contribution is 0.0459. The van der Waals surface area contributed by atoms with Crippen molar-refractivity contribution >= 4 is 43.7 Å². The average Bonchev–Trinajstić information content (AvgIpc) is 3.30. The first-order valence-corrected chi connectivity index (χ1v) is 13.7. The Kier molecular flexibility index (Phi) is 7.92. The van der Waals surface area contributed by atoms with E-state index in [1.807, 2.05) is 55.5 Å². The molecule has 3 aromatic carbocycles. The number of hydrogen-bond acceptors (Lipinski definition) is 4. The first-order chi connectivity index (χ1) is 18.0. The quantitative estimate of drug-likeness (QED) is 0.314. The number of ether oxygens (including phenoxy) is 2. The molecule has 0 aliphatic carbocycles. The number of benzene rings is 3. The molecule has 37 heavy (non-hydrogen) atoms. The molecule has 2 aliphatic heterocycles. The van der Waals surface area contributed by atoms with Crippen molar-refractivity contribution in [2.24, 2.45) is 4.99 Å². The summed E-state index contributed by atoms with van der Waals surface area (Å²) in [6, 6.07) is 19.3. The summed E-state index contributed by atoms with van der Waals surface area (Å²) in [6.45, 7) is 4.13. The minimum absolute atomic E-state index is 0.165. The van der Waals surface area contributed by atoms with Crippen LogP contribution in [0.5, 0.6) is 5.75 Å². The van der Waals surface area contributed by atoms with Gasteiger partial charge in [0.1, 0.15) is 23.4 Å². The lowest BCUT2D eigenvalue weighted by Gasteiger charge is -2.36. The molecule has 5 rings (SSSR count). The van der Waals surface area contributed by atoms with Crippen molar-refractivity contribution in [1.29, 1.82) is 0 Å². The lowest BCUT2D eigenvalue weighted by atomic mass is 9.94. The second-order valence-corrected chi connectivity index (χ2v) is 10.6. The van der Waals surface area contributed by atoms with Crippen molar-refractivity contribution in [3.63, 3.8) is 0 Å². The number of rotatable bonds is 5. The monoisotopic (exact) mass is 629 g/mol. The molecule has 1 saturated heterocycles. The smallest absolute Gasteiger partial charge is 0.326 e. The van der Waals surface area contributed by atoms with Crippen molar-refractivity contribution in [3.8, 4) is 5.75 Å². The first kappa shape index (κ1) is 25.9. The molecule has 2 aliphatic rings. The summed E-state index contributed by atoms with van der Waals surface area (Å²) in [5.41, 5.74) is 2.48. The average molecular weight is 631 g/mol. The fraction of sp³-hybridized carbons (Fsp3) is 0.286. The Bertz CT molecular complexity index is 1300. The minimum Gasteiger partial charge on any atom is -0.493 e. The maximum atomic E-state index is 14.2. The first-order valence-electron chi connectivity index (χ1n) is 12.1. The molecule has 0 radical (unpaired) electrons. The second kappa shape index (κ2) is 11.3. The molecule has 0 aromatic heterocycles. The topological polar surface area (TPSA) is 54.4 Å². The number of urea groups is 1. The van der Waals surface area contributed by atoms with Gasteiger partial charge in [0.25, 0.3) is 0 Å². The molecular weight excluding hydrogens is 605 g/mol. The van der Waals surface area contributed by atoms with Crippen LogP contribution in [-0.2, 0) is 4.74 Å². The van der Waals surface area contributed by atoms with E-state index in [4.69, 9.17) is 14.5 Å². The van der Waals surface area contributed by atoms with E-state index in [2.05, 4.69) is 31.9 Å². The number of amides is 2. The maximum absolute atomic E-state index is 14.2. The molecule has 1 fully saturated rings. The Hall–Kier alpha value is -2.75. The molecule has 192 valence electrons. The van der Waals surface area contributed by atoms with Gasteiger partial charge in [0.2, 0.25) is 0 Å². The molecule has 2 amide bonds. The number of carbonyl (C=O) groups is 1. The van der Waals surface area contributed by atoms with Crippen molar-refractivity contribution in [3.05, 3.63) is 98.2 Å². The van der Waals surface area contributed by atoms with Gasteiger partial charge in [-0.2, -0.15) is 0 Å². The summed E-state index contributed by atoms with van der Waals surface area (Å²) in [7, 11) is 0. The van der Waals surface area contributed by atoms with Gasteiger partial charge in [-0.15, -0.1) is 0 Å². The fourth-order valence-electron chi connectivity index (χ4n) is 4.72. The third-order valence-electron chi connectivity index (χ3n) is 6.46. The maximum Gasteiger partial charge on any atom is 0.326 e. The van der Waals surface area contributed by atoms with E-state index in [0.29, 0.717) is 50.1 Å². The van der Waals surface area contributed by atoms with Crippen LogP contribution in [-0.4, -0.2) is 54.6 Å². The van der Waals surface area contributed by atoms with Crippen LogP contribution in [0.2, 0.25) is 0 Å².